The minimum absolute atomic E-state index is 0.779. The number of anilines is 1. The number of benzene rings is 10. The van der Waals surface area contributed by atoms with Gasteiger partial charge >= 0.3 is 0 Å². The Bertz CT molecular complexity index is 3030. The summed E-state index contributed by atoms with van der Waals surface area (Å²) in [6, 6.07) is 73.0. The fourth-order valence-corrected chi connectivity index (χ4v) is 9.03. The number of hydrogen-bond acceptors (Lipinski definition) is 1. The van der Waals surface area contributed by atoms with E-state index < -0.39 is 0 Å². The van der Waals surface area contributed by atoms with Crippen LogP contribution in [0.25, 0.3) is 110 Å². The van der Waals surface area contributed by atoms with Gasteiger partial charge in [-0.15, -0.1) is 0 Å². The van der Waals surface area contributed by atoms with Crippen LogP contribution in [0, 0.1) is 0 Å². The molecule has 256 valence electrons. The Morgan fingerprint density at radius 1 is 0.255 bits per heavy atom. The number of nitrogens with two attached hydrogens (primary N) is 1. The molecule has 1 nitrogen and oxygen atoms in total. The molecule has 0 saturated carbocycles. The van der Waals surface area contributed by atoms with E-state index in [1.165, 1.54) is 105 Å². The van der Waals surface area contributed by atoms with Gasteiger partial charge in [-0.2, -0.15) is 0 Å². The smallest absolute Gasteiger partial charge is 0.0320 e. The van der Waals surface area contributed by atoms with Crippen LogP contribution < -0.4 is 5.73 Å². The van der Waals surface area contributed by atoms with Gasteiger partial charge in [-0.05, 0) is 134 Å². The number of rotatable bonds is 5. The summed E-state index contributed by atoms with van der Waals surface area (Å²) < 4.78 is 0. The quantitative estimate of drug-likeness (QED) is 0.178. The molecule has 0 amide bonds. The van der Waals surface area contributed by atoms with Gasteiger partial charge in [0.15, 0.2) is 0 Å². The van der Waals surface area contributed by atoms with Crippen LogP contribution in [0.3, 0.4) is 0 Å². The molecular formula is C54H35N. The Labute approximate surface area is 320 Å². The van der Waals surface area contributed by atoms with Crippen LogP contribution in [-0.4, -0.2) is 0 Å². The number of nitrogen functional groups attached to an aromatic ring is 1. The minimum Gasteiger partial charge on any atom is -0.399 e. The van der Waals surface area contributed by atoms with Crippen molar-refractivity contribution in [3.63, 3.8) is 0 Å². The van der Waals surface area contributed by atoms with E-state index in [-0.39, 0.29) is 0 Å². The molecule has 0 heterocycles. The van der Waals surface area contributed by atoms with Crippen molar-refractivity contribution in [2.75, 3.05) is 5.73 Å². The van der Waals surface area contributed by atoms with Gasteiger partial charge in [0.2, 0.25) is 0 Å². The van der Waals surface area contributed by atoms with Crippen LogP contribution >= 0.6 is 0 Å². The molecule has 1 aliphatic rings. The van der Waals surface area contributed by atoms with E-state index in [0.29, 0.717) is 0 Å². The molecular weight excluding hydrogens is 663 g/mol. The lowest BCUT2D eigenvalue weighted by Gasteiger charge is -2.20. The van der Waals surface area contributed by atoms with Crippen molar-refractivity contribution in [3.8, 4) is 77.9 Å². The van der Waals surface area contributed by atoms with Gasteiger partial charge < -0.3 is 5.73 Å². The molecule has 0 aromatic heterocycles. The lowest BCUT2D eigenvalue weighted by Crippen LogP contribution is -1.93. The molecule has 1 aliphatic carbocycles. The Morgan fingerprint density at radius 3 is 1.33 bits per heavy atom. The van der Waals surface area contributed by atoms with E-state index in [0.717, 1.165) is 11.3 Å². The van der Waals surface area contributed by atoms with Gasteiger partial charge in [-0.3, -0.25) is 0 Å². The molecule has 0 saturated heterocycles. The predicted octanol–water partition coefficient (Wildman–Crippen LogP) is 14.7. The third-order valence-corrected chi connectivity index (χ3v) is 11.5. The molecule has 0 fully saturated rings. The summed E-state index contributed by atoms with van der Waals surface area (Å²) in [5.74, 6) is 0. The van der Waals surface area contributed by atoms with Crippen molar-refractivity contribution >= 4 is 38.0 Å². The maximum Gasteiger partial charge on any atom is 0.0320 e. The second kappa shape index (κ2) is 12.4. The lowest BCUT2D eigenvalue weighted by molar-refractivity contribution is 1.61. The molecule has 0 atom stereocenters. The second-order valence-corrected chi connectivity index (χ2v) is 14.6. The molecule has 1 heteroatoms. The van der Waals surface area contributed by atoms with Gasteiger partial charge in [0, 0.05) is 5.69 Å². The highest BCUT2D eigenvalue weighted by atomic mass is 14.5. The molecule has 11 rings (SSSR count). The molecule has 0 aliphatic heterocycles. The van der Waals surface area contributed by atoms with Gasteiger partial charge in [-0.25, -0.2) is 0 Å². The molecule has 0 bridgehead atoms. The largest absolute Gasteiger partial charge is 0.399 e. The first-order chi connectivity index (χ1) is 27.2. The topological polar surface area (TPSA) is 26.0 Å². The summed E-state index contributed by atoms with van der Waals surface area (Å²) in [5.41, 5.74) is 24.4. The first kappa shape index (κ1) is 31.3. The summed E-state index contributed by atoms with van der Waals surface area (Å²) >= 11 is 0. The van der Waals surface area contributed by atoms with Crippen LogP contribution in [0.2, 0.25) is 0 Å². The maximum atomic E-state index is 6.07. The fourth-order valence-electron chi connectivity index (χ4n) is 9.03. The summed E-state index contributed by atoms with van der Waals surface area (Å²) in [5, 5.41) is 7.61. The highest BCUT2D eigenvalue weighted by Crippen LogP contribution is 2.58. The zero-order valence-electron chi connectivity index (χ0n) is 30.1. The highest BCUT2D eigenvalue weighted by Gasteiger charge is 2.31. The van der Waals surface area contributed by atoms with Crippen molar-refractivity contribution < 1.29 is 0 Å². The van der Waals surface area contributed by atoms with E-state index in [9.17, 15) is 0 Å². The monoisotopic (exact) mass is 697 g/mol. The zero-order valence-corrected chi connectivity index (χ0v) is 30.1. The van der Waals surface area contributed by atoms with Gasteiger partial charge in [-0.1, -0.05) is 176 Å². The van der Waals surface area contributed by atoms with Crippen molar-refractivity contribution in [3.05, 3.63) is 200 Å². The Kier molecular flexibility index (Phi) is 7.08. The van der Waals surface area contributed by atoms with Crippen LogP contribution in [0.15, 0.2) is 200 Å². The van der Waals surface area contributed by atoms with Crippen LogP contribution in [0.1, 0.15) is 0 Å². The van der Waals surface area contributed by atoms with Crippen LogP contribution in [0.4, 0.5) is 5.69 Å². The van der Waals surface area contributed by atoms with E-state index in [1.807, 2.05) is 18.2 Å². The van der Waals surface area contributed by atoms with Crippen LogP contribution in [-0.2, 0) is 0 Å². The Balaban J connectivity index is 1.04. The molecule has 0 radical (unpaired) electrons. The second-order valence-electron chi connectivity index (χ2n) is 14.6. The number of fused-ring (bicyclic) bond motifs is 5. The lowest BCUT2D eigenvalue weighted by atomic mass is 9.82. The van der Waals surface area contributed by atoms with Crippen molar-refractivity contribution in [2.45, 2.75) is 0 Å². The van der Waals surface area contributed by atoms with E-state index in [2.05, 4.69) is 182 Å². The number of hydrogen-bond donors (Lipinski definition) is 1. The van der Waals surface area contributed by atoms with Crippen molar-refractivity contribution in [1.82, 2.24) is 0 Å². The molecule has 10 aromatic rings. The Morgan fingerprint density at radius 2 is 0.709 bits per heavy atom. The third-order valence-electron chi connectivity index (χ3n) is 11.5. The average molecular weight is 698 g/mol. The Hall–Kier alpha value is -7.22. The average Bonchev–Trinajstić information content (AvgIpc) is 3.58. The van der Waals surface area contributed by atoms with E-state index in [4.69, 9.17) is 5.73 Å². The summed E-state index contributed by atoms with van der Waals surface area (Å²) in [6.45, 7) is 0. The molecule has 55 heavy (non-hydrogen) atoms. The molecule has 0 spiro atoms. The summed E-state index contributed by atoms with van der Waals surface area (Å²) in [6.07, 6.45) is 0. The van der Waals surface area contributed by atoms with Gasteiger partial charge in [0.05, 0.1) is 0 Å². The van der Waals surface area contributed by atoms with Crippen molar-refractivity contribution in [2.24, 2.45) is 0 Å². The molecule has 0 unspecified atom stereocenters. The SMILES string of the molecule is Nc1cccc(-c2ccc3cc(-c4ccc(-c5ccc6c7c(cccc57)-c5c-6c(-c6ccccc6)c6ccccc6c5-c5ccccc5)cc4)ccc3c2)c1. The fraction of sp³-hybridized carbons (Fsp3) is 0. The normalized spacial score (nSPS) is 11.7. The summed E-state index contributed by atoms with van der Waals surface area (Å²) in [4.78, 5) is 0. The highest BCUT2D eigenvalue weighted by molar-refractivity contribution is 6.28. The molecule has 2 N–H and O–H groups in total. The molecule has 10 aromatic carbocycles. The summed E-state index contributed by atoms with van der Waals surface area (Å²) in [7, 11) is 0. The van der Waals surface area contributed by atoms with Gasteiger partial charge in [0.25, 0.3) is 0 Å². The first-order valence-corrected chi connectivity index (χ1v) is 19.0. The first-order valence-electron chi connectivity index (χ1n) is 19.0. The third kappa shape index (κ3) is 5.01. The minimum atomic E-state index is 0.779. The maximum absolute atomic E-state index is 6.07. The predicted molar refractivity (Wildman–Crippen MR) is 235 cm³/mol. The standard InChI is InChI=1S/C54H35N/c55-43-16-9-15-38(33-43)40-27-28-41-31-39(25-26-42(41)32-40)34-21-23-35(24-22-34)44-29-30-49-52-45(44)19-10-20-48(52)53-50(36-11-3-1-4-12-36)46-17-7-8-18-47(46)51(54(49)53)37-13-5-2-6-14-37/h1-33H,55H2. The zero-order chi connectivity index (χ0) is 36.5. The van der Waals surface area contributed by atoms with Gasteiger partial charge in [0.1, 0.15) is 0 Å². The van der Waals surface area contributed by atoms with Crippen LogP contribution in [0.5, 0.6) is 0 Å². The van der Waals surface area contributed by atoms with Crippen molar-refractivity contribution in [1.29, 1.82) is 0 Å². The van der Waals surface area contributed by atoms with E-state index in [1.54, 1.807) is 0 Å². The van der Waals surface area contributed by atoms with E-state index >= 15 is 0 Å².